The van der Waals surface area contributed by atoms with Crippen LogP contribution in [0.1, 0.15) is 24.2 Å². The number of phenols is 1. The molecule has 2 amide bonds. The number of hydrogen-bond acceptors (Lipinski definition) is 6. The molecule has 0 saturated carbocycles. The van der Waals surface area contributed by atoms with Crippen LogP contribution in [0.5, 0.6) is 5.75 Å². The first-order chi connectivity index (χ1) is 16.6. The first kappa shape index (κ1) is 23.5. The Morgan fingerprint density at radius 1 is 0.971 bits per heavy atom. The Hall–Kier alpha value is -4.66. The molecule has 0 fully saturated rings. The third-order valence-electron chi connectivity index (χ3n) is 5.43. The predicted molar refractivity (Wildman–Crippen MR) is 130 cm³/mol. The zero-order valence-electron chi connectivity index (χ0n) is 18.9. The summed E-state index contributed by atoms with van der Waals surface area (Å²) in [5.74, 6) is -2.10. The van der Waals surface area contributed by atoms with Gasteiger partial charge in [-0.3, -0.25) is 14.4 Å². The van der Waals surface area contributed by atoms with E-state index in [0.717, 1.165) is 0 Å². The first-order valence-electron chi connectivity index (χ1n) is 10.8. The SMILES string of the molecule is CC(C)C(=O)NCC(=O)Nc1ccc(-c2c3ccc(=O)cc-3oc3cc(O)ccc23)c(C(=O)O)c1. The number of carbonyl (C=O) groups excluding carboxylic acids is 2. The Morgan fingerprint density at radius 2 is 1.71 bits per heavy atom. The van der Waals surface area contributed by atoms with Gasteiger partial charge >= 0.3 is 5.97 Å². The average Bonchev–Trinajstić information content (AvgIpc) is 2.80. The number of aromatic carboxylic acids is 1. The summed E-state index contributed by atoms with van der Waals surface area (Å²) >= 11 is 0. The normalized spacial score (nSPS) is 11.1. The topological polar surface area (TPSA) is 146 Å². The van der Waals surface area contributed by atoms with Crippen LogP contribution in [0.4, 0.5) is 5.69 Å². The molecule has 0 bridgehead atoms. The van der Waals surface area contributed by atoms with Crippen LogP contribution in [0.2, 0.25) is 0 Å². The van der Waals surface area contributed by atoms with E-state index in [1.54, 1.807) is 38.1 Å². The second-order valence-electron chi connectivity index (χ2n) is 8.30. The van der Waals surface area contributed by atoms with Crippen molar-refractivity contribution in [2.45, 2.75) is 13.8 Å². The summed E-state index contributed by atoms with van der Waals surface area (Å²) in [6.07, 6.45) is 0. The molecule has 2 aromatic rings. The second-order valence-corrected chi connectivity index (χ2v) is 8.30. The Bertz CT molecular complexity index is 1500. The summed E-state index contributed by atoms with van der Waals surface area (Å²) < 4.78 is 5.81. The summed E-state index contributed by atoms with van der Waals surface area (Å²) in [6, 6.07) is 13.1. The molecule has 9 nitrogen and oxygen atoms in total. The number of hydrogen-bond donors (Lipinski definition) is 4. The minimum absolute atomic E-state index is 0.0501. The highest BCUT2D eigenvalue weighted by atomic mass is 16.4. The standard InChI is InChI=1S/C26H22N2O7/c1-13(2)25(32)27-12-23(31)28-14-3-6-17(20(9-14)26(33)34)24-18-7-4-15(29)10-21(18)35-22-11-16(30)5-8-19(22)24/h3-11,13,29H,12H2,1-2H3,(H,27,32)(H,28,31)(H,33,34). The molecule has 2 aromatic carbocycles. The Labute approximate surface area is 199 Å². The summed E-state index contributed by atoms with van der Waals surface area (Å²) in [5.41, 5.74) is 1.48. The number of carboxylic acid groups (broad SMARTS) is 1. The molecular weight excluding hydrogens is 452 g/mol. The molecule has 4 N–H and O–H groups in total. The number of anilines is 1. The number of aromatic hydroxyl groups is 1. The number of nitrogens with one attached hydrogen (secondary N) is 2. The number of carboxylic acids is 1. The van der Waals surface area contributed by atoms with Gasteiger partial charge in [-0.05, 0) is 42.0 Å². The lowest BCUT2D eigenvalue weighted by Gasteiger charge is -2.17. The Balaban J connectivity index is 1.81. The van der Waals surface area contributed by atoms with Gasteiger partial charge in [0.2, 0.25) is 11.8 Å². The summed E-state index contributed by atoms with van der Waals surface area (Å²) in [4.78, 5) is 48.1. The third kappa shape index (κ3) is 4.84. The Morgan fingerprint density at radius 3 is 2.43 bits per heavy atom. The number of fused-ring (bicyclic) bond motifs is 2. The van der Waals surface area contributed by atoms with Gasteiger partial charge in [0.1, 0.15) is 17.1 Å². The second kappa shape index (κ2) is 9.30. The van der Waals surface area contributed by atoms with Crippen LogP contribution >= 0.6 is 0 Å². The van der Waals surface area contributed by atoms with E-state index in [1.807, 2.05) is 0 Å². The molecule has 0 spiro atoms. The smallest absolute Gasteiger partial charge is 0.336 e. The molecule has 0 saturated heterocycles. The lowest BCUT2D eigenvalue weighted by Crippen LogP contribution is -2.35. The largest absolute Gasteiger partial charge is 0.508 e. The van der Waals surface area contributed by atoms with Crippen LogP contribution in [0.15, 0.2) is 63.8 Å². The van der Waals surface area contributed by atoms with E-state index in [2.05, 4.69) is 10.6 Å². The molecule has 1 aliphatic heterocycles. The van der Waals surface area contributed by atoms with E-state index in [0.29, 0.717) is 22.1 Å². The van der Waals surface area contributed by atoms with Crippen LogP contribution in [0.25, 0.3) is 33.4 Å². The van der Waals surface area contributed by atoms with Crippen LogP contribution in [0, 0.1) is 5.92 Å². The van der Waals surface area contributed by atoms with Crippen molar-refractivity contribution in [2.75, 3.05) is 11.9 Å². The predicted octanol–water partition coefficient (Wildman–Crippen LogP) is 3.68. The van der Waals surface area contributed by atoms with Crippen LogP contribution < -0.4 is 16.1 Å². The van der Waals surface area contributed by atoms with Crippen molar-refractivity contribution in [3.05, 3.63) is 70.4 Å². The highest BCUT2D eigenvalue weighted by Gasteiger charge is 2.22. The molecule has 0 unspecified atom stereocenters. The fourth-order valence-electron chi connectivity index (χ4n) is 3.74. The van der Waals surface area contributed by atoms with Gasteiger partial charge in [-0.25, -0.2) is 4.79 Å². The highest BCUT2D eigenvalue weighted by Crippen LogP contribution is 2.42. The van der Waals surface area contributed by atoms with E-state index >= 15 is 0 Å². The lowest BCUT2D eigenvalue weighted by atomic mass is 9.90. The fraction of sp³-hybridized carbons (Fsp3) is 0.154. The summed E-state index contributed by atoms with van der Waals surface area (Å²) in [7, 11) is 0. The number of benzene rings is 3. The summed E-state index contributed by atoms with van der Waals surface area (Å²) in [5, 5.41) is 25.5. The third-order valence-corrected chi connectivity index (χ3v) is 5.43. The molecule has 4 rings (SSSR count). The maximum atomic E-state index is 12.3. The number of phenolic OH excluding ortho intramolecular Hbond substituents is 1. The van der Waals surface area contributed by atoms with Gasteiger partial charge < -0.3 is 25.3 Å². The Kier molecular flexibility index (Phi) is 6.24. The quantitative estimate of drug-likeness (QED) is 0.312. The molecule has 0 atom stereocenters. The van der Waals surface area contributed by atoms with E-state index in [-0.39, 0.29) is 52.1 Å². The number of carbonyl (C=O) groups is 3. The van der Waals surface area contributed by atoms with Crippen molar-refractivity contribution in [3.8, 4) is 28.2 Å². The number of amides is 2. The van der Waals surface area contributed by atoms with E-state index in [4.69, 9.17) is 4.42 Å². The van der Waals surface area contributed by atoms with Crippen molar-refractivity contribution in [1.29, 1.82) is 0 Å². The van der Waals surface area contributed by atoms with Gasteiger partial charge in [0.15, 0.2) is 5.43 Å². The lowest BCUT2D eigenvalue weighted by molar-refractivity contribution is -0.126. The molecule has 0 radical (unpaired) electrons. The van der Waals surface area contributed by atoms with Crippen LogP contribution in [0.3, 0.4) is 0 Å². The minimum atomic E-state index is -1.23. The van der Waals surface area contributed by atoms with E-state index in [1.165, 1.54) is 30.3 Å². The van der Waals surface area contributed by atoms with Crippen LogP contribution in [-0.4, -0.2) is 34.5 Å². The van der Waals surface area contributed by atoms with Gasteiger partial charge in [0.05, 0.1) is 12.1 Å². The van der Waals surface area contributed by atoms with Gasteiger partial charge in [-0.1, -0.05) is 19.9 Å². The van der Waals surface area contributed by atoms with Crippen molar-refractivity contribution >= 4 is 34.4 Å². The van der Waals surface area contributed by atoms with Gasteiger partial charge in [-0.2, -0.15) is 0 Å². The van der Waals surface area contributed by atoms with Gasteiger partial charge in [0.25, 0.3) is 0 Å². The molecule has 178 valence electrons. The molecule has 35 heavy (non-hydrogen) atoms. The maximum absolute atomic E-state index is 12.3. The molecule has 1 aliphatic carbocycles. The maximum Gasteiger partial charge on any atom is 0.336 e. The van der Waals surface area contributed by atoms with Crippen molar-refractivity contribution in [1.82, 2.24) is 5.32 Å². The molecule has 0 aromatic heterocycles. The van der Waals surface area contributed by atoms with Crippen molar-refractivity contribution < 1.29 is 29.0 Å². The van der Waals surface area contributed by atoms with Crippen molar-refractivity contribution in [2.24, 2.45) is 5.92 Å². The minimum Gasteiger partial charge on any atom is -0.508 e. The molecule has 9 heteroatoms. The first-order valence-corrected chi connectivity index (χ1v) is 10.8. The summed E-state index contributed by atoms with van der Waals surface area (Å²) in [6.45, 7) is 3.15. The molecule has 1 heterocycles. The van der Waals surface area contributed by atoms with Crippen LogP contribution in [-0.2, 0) is 9.59 Å². The van der Waals surface area contributed by atoms with E-state index in [9.17, 15) is 29.4 Å². The average molecular weight is 474 g/mol. The van der Waals surface area contributed by atoms with Crippen molar-refractivity contribution in [3.63, 3.8) is 0 Å². The van der Waals surface area contributed by atoms with E-state index < -0.39 is 11.9 Å². The fourth-order valence-corrected chi connectivity index (χ4v) is 3.74. The molecular formula is C26H22N2O7. The van der Waals surface area contributed by atoms with Gasteiger partial charge in [0, 0.05) is 40.3 Å². The van der Waals surface area contributed by atoms with Gasteiger partial charge in [-0.15, -0.1) is 0 Å². The molecule has 2 aliphatic rings. The monoisotopic (exact) mass is 474 g/mol. The number of rotatable bonds is 6. The zero-order chi connectivity index (χ0) is 25.3. The zero-order valence-corrected chi connectivity index (χ0v) is 18.9. The highest BCUT2D eigenvalue weighted by molar-refractivity contribution is 6.08.